The van der Waals surface area contributed by atoms with Gasteiger partial charge in [0.2, 0.25) is 0 Å². The second-order valence-electron chi connectivity index (χ2n) is 6.04. The molecule has 0 amide bonds. The highest BCUT2D eigenvalue weighted by atomic mass is 35.5. The smallest absolute Gasteiger partial charge is 0.387 e. The van der Waals surface area contributed by atoms with Crippen LogP contribution in [-0.4, -0.2) is 12.6 Å². The maximum absolute atomic E-state index is 14.5. The van der Waals surface area contributed by atoms with Gasteiger partial charge in [0.15, 0.2) is 0 Å². The van der Waals surface area contributed by atoms with Crippen molar-refractivity contribution in [3.8, 4) is 23.0 Å². The predicted octanol–water partition coefficient (Wildman–Crippen LogP) is 7.05. The van der Waals surface area contributed by atoms with Crippen molar-refractivity contribution in [2.24, 2.45) is 0 Å². The molecule has 0 heterocycles. The van der Waals surface area contributed by atoms with Crippen LogP contribution < -0.4 is 14.2 Å². The fourth-order valence-corrected chi connectivity index (χ4v) is 2.76. The third kappa shape index (κ3) is 5.37. The summed E-state index contributed by atoms with van der Waals surface area (Å²) in [5.41, 5.74) is 0.570. The first kappa shape index (κ1) is 21.8. The molecule has 30 heavy (non-hydrogen) atoms. The van der Waals surface area contributed by atoms with Crippen molar-refractivity contribution < 1.29 is 32.2 Å². The van der Waals surface area contributed by atoms with Crippen molar-refractivity contribution in [3.05, 3.63) is 81.6 Å². The number of alkyl halides is 2. The molecule has 0 aromatic heterocycles. The summed E-state index contributed by atoms with van der Waals surface area (Å²) in [7, 11) is 0. The summed E-state index contributed by atoms with van der Waals surface area (Å²) in [4.78, 5) is 12.3. The second kappa shape index (κ2) is 9.28. The third-order valence-corrected chi connectivity index (χ3v) is 4.43. The standard InChI is InChI=1S/C21H13Cl2F3O4/c1-11-2-4-12(5-3-11)29-20(27)14-9-16(23)19(10-17(14)24)28-13-6-7-15(22)18(8-13)30-21(25)26/h2-10,21H,1H3. The largest absolute Gasteiger partial charge is 0.456 e. The van der Waals surface area contributed by atoms with Crippen LogP contribution in [0.15, 0.2) is 54.6 Å². The topological polar surface area (TPSA) is 44.8 Å². The Labute approximate surface area is 179 Å². The number of rotatable bonds is 6. The molecule has 156 valence electrons. The lowest BCUT2D eigenvalue weighted by Crippen LogP contribution is -2.11. The highest BCUT2D eigenvalue weighted by Gasteiger charge is 2.19. The van der Waals surface area contributed by atoms with Gasteiger partial charge in [-0.1, -0.05) is 40.9 Å². The van der Waals surface area contributed by atoms with Crippen LogP contribution in [0, 0.1) is 12.7 Å². The van der Waals surface area contributed by atoms with Crippen molar-refractivity contribution in [1.82, 2.24) is 0 Å². The molecule has 0 fully saturated rings. The Kier molecular flexibility index (Phi) is 6.74. The van der Waals surface area contributed by atoms with Crippen LogP contribution in [0.2, 0.25) is 10.0 Å². The maximum Gasteiger partial charge on any atom is 0.387 e. The van der Waals surface area contributed by atoms with Gasteiger partial charge in [-0.05, 0) is 37.3 Å². The number of carbonyl (C=O) groups excluding carboxylic acids is 1. The monoisotopic (exact) mass is 456 g/mol. The number of ether oxygens (including phenoxy) is 3. The second-order valence-corrected chi connectivity index (χ2v) is 6.85. The summed E-state index contributed by atoms with van der Waals surface area (Å²) in [6.07, 6.45) is 0. The highest BCUT2D eigenvalue weighted by molar-refractivity contribution is 6.32. The molecule has 0 unspecified atom stereocenters. The van der Waals surface area contributed by atoms with Crippen LogP contribution in [0.5, 0.6) is 23.0 Å². The van der Waals surface area contributed by atoms with Crippen molar-refractivity contribution in [2.75, 3.05) is 0 Å². The number of aryl methyl sites for hydroxylation is 1. The summed E-state index contributed by atoms with van der Waals surface area (Å²) in [5, 5.41) is -0.160. The molecule has 0 aliphatic carbocycles. The average molecular weight is 457 g/mol. The van der Waals surface area contributed by atoms with Gasteiger partial charge in [-0.2, -0.15) is 8.78 Å². The summed E-state index contributed by atoms with van der Waals surface area (Å²) >= 11 is 11.9. The molecule has 0 aliphatic heterocycles. The van der Waals surface area contributed by atoms with E-state index in [0.29, 0.717) is 0 Å². The van der Waals surface area contributed by atoms with Gasteiger partial charge in [0.25, 0.3) is 0 Å². The number of hydrogen-bond donors (Lipinski definition) is 0. The first-order valence-corrected chi connectivity index (χ1v) is 9.18. The van der Waals surface area contributed by atoms with E-state index in [0.717, 1.165) is 23.8 Å². The first-order chi connectivity index (χ1) is 14.2. The van der Waals surface area contributed by atoms with Crippen LogP contribution in [0.25, 0.3) is 0 Å². The van der Waals surface area contributed by atoms with Crippen LogP contribution in [0.4, 0.5) is 13.2 Å². The van der Waals surface area contributed by atoms with E-state index in [4.69, 9.17) is 32.7 Å². The zero-order chi connectivity index (χ0) is 21.8. The predicted molar refractivity (Wildman–Crippen MR) is 106 cm³/mol. The number of hydrogen-bond acceptors (Lipinski definition) is 4. The van der Waals surface area contributed by atoms with Gasteiger partial charge in [0.05, 0.1) is 15.6 Å². The van der Waals surface area contributed by atoms with Crippen LogP contribution in [0.1, 0.15) is 15.9 Å². The SMILES string of the molecule is Cc1ccc(OC(=O)c2cc(Cl)c(Oc3ccc(Cl)c(OC(F)F)c3)cc2F)cc1. The fraction of sp³-hybridized carbons (Fsp3) is 0.0952. The molecular weight excluding hydrogens is 444 g/mol. The molecule has 0 bridgehead atoms. The van der Waals surface area contributed by atoms with E-state index in [9.17, 15) is 18.0 Å². The Morgan fingerprint density at radius 2 is 1.57 bits per heavy atom. The van der Waals surface area contributed by atoms with E-state index in [1.54, 1.807) is 24.3 Å². The third-order valence-electron chi connectivity index (χ3n) is 3.82. The molecule has 3 aromatic rings. The van der Waals surface area contributed by atoms with Gasteiger partial charge < -0.3 is 14.2 Å². The van der Waals surface area contributed by atoms with Gasteiger partial charge in [-0.3, -0.25) is 0 Å². The van der Waals surface area contributed by atoms with Gasteiger partial charge in [-0.15, -0.1) is 0 Å². The molecule has 0 saturated heterocycles. The van der Waals surface area contributed by atoms with E-state index < -0.39 is 24.0 Å². The average Bonchev–Trinajstić information content (AvgIpc) is 2.68. The Morgan fingerprint density at radius 3 is 2.23 bits per heavy atom. The molecular formula is C21H13Cl2F3O4. The lowest BCUT2D eigenvalue weighted by Gasteiger charge is -2.12. The van der Waals surface area contributed by atoms with E-state index >= 15 is 0 Å². The number of benzene rings is 3. The molecule has 0 radical (unpaired) electrons. The maximum atomic E-state index is 14.5. The van der Waals surface area contributed by atoms with E-state index in [1.807, 2.05) is 6.92 Å². The van der Waals surface area contributed by atoms with Crippen LogP contribution in [-0.2, 0) is 0 Å². The van der Waals surface area contributed by atoms with Crippen LogP contribution >= 0.6 is 23.2 Å². The van der Waals surface area contributed by atoms with Crippen molar-refractivity contribution in [3.63, 3.8) is 0 Å². The van der Waals surface area contributed by atoms with Crippen molar-refractivity contribution in [2.45, 2.75) is 13.5 Å². The lowest BCUT2D eigenvalue weighted by atomic mass is 10.2. The molecule has 9 heteroatoms. The minimum absolute atomic E-state index is 0.0198. The van der Waals surface area contributed by atoms with Gasteiger partial charge in [0.1, 0.15) is 28.8 Å². The van der Waals surface area contributed by atoms with Gasteiger partial charge >= 0.3 is 12.6 Å². The summed E-state index contributed by atoms with van der Waals surface area (Å²) in [5.74, 6) is -2.08. The van der Waals surface area contributed by atoms with Gasteiger partial charge in [-0.25, -0.2) is 9.18 Å². The Hall–Kier alpha value is -2.90. The molecule has 0 saturated carbocycles. The Balaban J connectivity index is 1.81. The number of carbonyl (C=O) groups is 1. The molecule has 4 nitrogen and oxygen atoms in total. The summed E-state index contributed by atoms with van der Waals surface area (Å²) in [6.45, 7) is -1.22. The normalized spacial score (nSPS) is 10.8. The van der Waals surface area contributed by atoms with Crippen molar-refractivity contribution >= 4 is 29.2 Å². The Morgan fingerprint density at radius 1 is 0.900 bits per heavy atom. The first-order valence-electron chi connectivity index (χ1n) is 8.43. The quantitative estimate of drug-likeness (QED) is 0.294. The molecule has 0 atom stereocenters. The van der Waals surface area contributed by atoms with Crippen molar-refractivity contribution in [1.29, 1.82) is 0 Å². The minimum atomic E-state index is -3.09. The number of esters is 1. The summed E-state index contributed by atoms with van der Waals surface area (Å²) in [6, 6.07) is 12.3. The number of halogens is 5. The highest BCUT2D eigenvalue weighted by Crippen LogP contribution is 2.36. The zero-order valence-corrected chi connectivity index (χ0v) is 16.8. The minimum Gasteiger partial charge on any atom is -0.456 e. The van der Waals surface area contributed by atoms with E-state index in [1.165, 1.54) is 12.1 Å². The summed E-state index contributed by atoms with van der Waals surface area (Å²) < 4.78 is 54.2. The van der Waals surface area contributed by atoms with Gasteiger partial charge in [0, 0.05) is 12.1 Å². The molecule has 3 rings (SSSR count). The zero-order valence-electron chi connectivity index (χ0n) is 15.3. The Bertz CT molecular complexity index is 1070. The molecule has 3 aromatic carbocycles. The van der Waals surface area contributed by atoms with Crippen LogP contribution in [0.3, 0.4) is 0 Å². The molecule has 0 N–H and O–H groups in total. The molecule has 0 aliphatic rings. The van der Waals surface area contributed by atoms with E-state index in [2.05, 4.69) is 4.74 Å². The fourth-order valence-electron chi connectivity index (χ4n) is 2.39. The lowest BCUT2D eigenvalue weighted by molar-refractivity contribution is -0.0498. The van der Waals surface area contributed by atoms with E-state index in [-0.39, 0.29) is 33.0 Å². The molecule has 0 spiro atoms.